The van der Waals surface area contributed by atoms with E-state index in [0.717, 1.165) is 12.8 Å². The number of carbonyl (C=O) groups excluding carboxylic acids is 1. The Labute approximate surface area is 174 Å². The summed E-state index contributed by atoms with van der Waals surface area (Å²) in [5, 5.41) is 17.2. The van der Waals surface area contributed by atoms with E-state index >= 15 is 0 Å². The summed E-state index contributed by atoms with van der Waals surface area (Å²) < 4.78 is 14.1. The molecule has 1 fully saturated rings. The number of nitrogens with one attached hydrogen (secondary N) is 1. The SMILES string of the molecule is Cc1c(F)cc(C(=O)NC2CC2)cc1-c1ccc2c(c1)C=N[N+]2(C(=O)O)C(C)(C)C. The average Bonchev–Trinajstić information content (AvgIpc) is 3.38. The molecular weight excluding hydrogens is 385 g/mol. The van der Waals surface area contributed by atoms with Gasteiger partial charge in [-0.3, -0.25) is 4.79 Å². The molecule has 4 rings (SSSR count). The lowest BCUT2D eigenvalue weighted by molar-refractivity contribution is 0.0950. The van der Waals surface area contributed by atoms with Crippen LogP contribution in [0.1, 0.15) is 55.1 Å². The molecule has 7 heteroatoms. The largest absolute Gasteiger partial charge is 0.546 e. The number of nitrogens with zero attached hydrogens (tertiary/aromatic N) is 2. The summed E-state index contributed by atoms with van der Waals surface area (Å²) >= 11 is 0. The predicted molar refractivity (Wildman–Crippen MR) is 114 cm³/mol. The fourth-order valence-electron chi connectivity index (χ4n) is 3.91. The summed E-state index contributed by atoms with van der Waals surface area (Å²) in [5.41, 5.74) is 2.54. The summed E-state index contributed by atoms with van der Waals surface area (Å²) in [6.07, 6.45) is 2.39. The Bertz CT molecular complexity index is 1100. The third-order valence-corrected chi connectivity index (χ3v) is 5.82. The Morgan fingerprint density at radius 2 is 1.90 bits per heavy atom. The lowest BCUT2D eigenvalue weighted by Crippen LogP contribution is -2.60. The number of hydrogen-bond acceptors (Lipinski definition) is 3. The van der Waals surface area contributed by atoms with E-state index in [-0.39, 0.29) is 17.5 Å². The highest BCUT2D eigenvalue weighted by atomic mass is 19.1. The molecule has 0 radical (unpaired) electrons. The number of benzene rings is 2. The molecule has 0 spiro atoms. The first-order chi connectivity index (χ1) is 14.0. The summed E-state index contributed by atoms with van der Waals surface area (Å²) in [4.78, 5) is 24.6. The number of quaternary nitrogens is 1. The van der Waals surface area contributed by atoms with Gasteiger partial charge in [-0.15, -0.1) is 0 Å². The summed E-state index contributed by atoms with van der Waals surface area (Å²) in [5.74, 6) is -0.734. The standard InChI is InChI=1S/C23H24FN3O3/c1-13-18(10-15(11-19(13)24)21(28)26-17-6-7-17)14-5-8-20-16(9-14)12-25-27(20,22(29)30)23(2,3)4/h5,8-12,17H,6-7H2,1-4H3,(H-,26,28,29,30)/p+1. The number of fused-ring (bicyclic) bond motifs is 1. The Morgan fingerprint density at radius 3 is 2.50 bits per heavy atom. The third-order valence-electron chi connectivity index (χ3n) is 5.82. The van der Waals surface area contributed by atoms with Crippen molar-refractivity contribution < 1.29 is 19.1 Å². The zero-order chi connectivity index (χ0) is 21.8. The number of carbonyl (C=O) groups is 2. The second kappa shape index (κ2) is 6.74. The number of hydrogen-bond donors (Lipinski definition) is 2. The monoisotopic (exact) mass is 410 g/mol. The number of amides is 2. The molecule has 1 aliphatic heterocycles. The van der Waals surface area contributed by atoms with Crippen LogP contribution in [0.2, 0.25) is 0 Å². The normalized spacial score (nSPS) is 20.2. The molecule has 1 heterocycles. The number of rotatable bonds is 3. The van der Waals surface area contributed by atoms with Crippen LogP contribution < -0.4 is 9.91 Å². The molecule has 0 aromatic heterocycles. The van der Waals surface area contributed by atoms with Crippen molar-refractivity contribution in [2.24, 2.45) is 5.10 Å². The van der Waals surface area contributed by atoms with Gasteiger partial charge < -0.3 is 10.4 Å². The van der Waals surface area contributed by atoms with E-state index in [1.165, 1.54) is 6.07 Å². The van der Waals surface area contributed by atoms with Crippen molar-refractivity contribution in [3.63, 3.8) is 0 Å². The van der Waals surface area contributed by atoms with Gasteiger partial charge in [0, 0.05) is 17.7 Å². The van der Waals surface area contributed by atoms with Crippen LogP contribution in [0.3, 0.4) is 0 Å². The van der Waals surface area contributed by atoms with Gasteiger partial charge >= 0.3 is 6.09 Å². The lowest BCUT2D eigenvalue weighted by Gasteiger charge is -2.35. The van der Waals surface area contributed by atoms with Gasteiger partial charge in [0.25, 0.3) is 5.91 Å². The van der Waals surface area contributed by atoms with Crippen molar-refractivity contribution in [1.29, 1.82) is 0 Å². The molecule has 30 heavy (non-hydrogen) atoms. The van der Waals surface area contributed by atoms with Gasteiger partial charge in [0.05, 0.1) is 11.8 Å². The smallest absolute Gasteiger partial charge is 0.433 e. The van der Waals surface area contributed by atoms with E-state index in [9.17, 15) is 19.1 Å². The lowest BCUT2D eigenvalue weighted by atomic mass is 9.94. The fourth-order valence-corrected chi connectivity index (χ4v) is 3.91. The molecule has 2 N–H and O–H groups in total. The highest BCUT2D eigenvalue weighted by molar-refractivity contribution is 6.01. The molecule has 2 aliphatic rings. The van der Waals surface area contributed by atoms with Crippen molar-refractivity contribution in [1.82, 2.24) is 9.91 Å². The number of halogens is 1. The minimum Gasteiger partial charge on any atom is -0.433 e. The zero-order valence-corrected chi connectivity index (χ0v) is 17.5. The highest BCUT2D eigenvalue weighted by Crippen LogP contribution is 2.42. The molecule has 6 nitrogen and oxygen atoms in total. The Kier molecular flexibility index (Phi) is 4.54. The van der Waals surface area contributed by atoms with Crippen LogP contribution >= 0.6 is 0 Å². The summed E-state index contributed by atoms with van der Waals surface area (Å²) in [7, 11) is 0. The fraction of sp³-hybridized carbons (Fsp3) is 0.348. The molecular formula is C23H25FN3O3+. The maximum absolute atomic E-state index is 14.6. The van der Waals surface area contributed by atoms with Gasteiger partial charge in [-0.25, -0.2) is 4.39 Å². The van der Waals surface area contributed by atoms with Crippen molar-refractivity contribution in [3.05, 3.63) is 52.8 Å². The highest BCUT2D eigenvalue weighted by Gasteiger charge is 2.55. The second-order valence-electron chi connectivity index (χ2n) is 8.99. The van der Waals surface area contributed by atoms with Crippen molar-refractivity contribution in [2.75, 3.05) is 0 Å². The average molecular weight is 410 g/mol. The number of carboxylic acid groups (broad SMARTS) is 1. The molecule has 1 unspecified atom stereocenters. The molecule has 1 aliphatic carbocycles. The molecule has 2 aromatic rings. The van der Waals surface area contributed by atoms with Crippen LogP contribution in [0.4, 0.5) is 14.9 Å². The predicted octanol–water partition coefficient (Wildman–Crippen LogP) is 4.82. The van der Waals surface area contributed by atoms with Crippen LogP contribution in [-0.2, 0) is 0 Å². The summed E-state index contributed by atoms with van der Waals surface area (Å²) in [6.45, 7) is 7.14. The third kappa shape index (κ3) is 3.10. The van der Waals surface area contributed by atoms with Crippen LogP contribution in [0.15, 0.2) is 35.4 Å². The molecule has 0 saturated heterocycles. The molecule has 1 atom stereocenters. The summed E-state index contributed by atoms with van der Waals surface area (Å²) in [6, 6.07) is 8.42. The van der Waals surface area contributed by atoms with Gasteiger partial charge in [-0.05, 0) is 81.5 Å². The molecule has 0 bridgehead atoms. The van der Waals surface area contributed by atoms with E-state index in [1.807, 2.05) is 20.8 Å². The first-order valence-corrected chi connectivity index (χ1v) is 9.99. The van der Waals surface area contributed by atoms with Gasteiger partial charge in [-0.1, -0.05) is 9.69 Å². The topological polar surface area (TPSA) is 78.8 Å². The maximum atomic E-state index is 14.6. The Balaban J connectivity index is 1.79. The van der Waals surface area contributed by atoms with Crippen molar-refractivity contribution >= 4 is 23.9 Å². The minimum atomic E-state index is -1.06. The van der Waals surface area contributed by atoms with Crippen molar-refractivity contribution in [2.45, 2.75) is 52.1 Å². The van der Waals surface area contributed by atoms with Gasteiger partial charge in [0.1, 0.15) is 11.4 Å². The van der Waals surface area contributed by atoms with Crippen LogP contribution in [0, 0.1) is 12.7 Å². The van der Waals surface area contributed by atoms with Crippen LogP contribution in [-0.4, -0.2) is 34.9 Å². The van der Waals surface area contributed by atoms with E-state index < -0.39 is 22.0 Å². The van der Waals surface area contributed by atoms with Crippen LogP contribution in [0.5, 0.6) is 0 Å². The van der Waals surface area contributed by atoms with E-state index in [2.05, 4.69) is 10.4 Å². The quantitative estimate of drug-likeness (QED) is 0.712. The zero-order valence-electron chi connectivity index (χ0n) is 17.5. The second-order valence-corrected chi connectivity index (χ2v) is 8.99. The van der Waals surface area contributed by atoms with E-state index in [0.29, 0.717) is 27.9 Å². The first kappa shape index (κ1) is 20.2. The Morgan fingerprint density at radius 1 is 1.20 bits per heavy atom. The first-order valence-electron chi connectivity index (χ1n) is 9.99. The van der Waals surface area contributed by atoms with Gasteiger partial charge in [0.15, 0.2) is 5.69 Å². The molecule has 2 aromatic carbocycles. The van der Waals surface area contributed by atoms with Gasteiger partial charge in [-0.2, -0.15) is 4.79 Å². The van der Waals surface area contributed by atoms with Crippen LogP contribution in [0.25, 0.3) is 11.1 Å². The molecule has 156 valence electrons. The minimum absolute atomic E-state index is 0.181. The molecule has 2 amide bonds. The molecule has 1 saturated carbocycles. The maximum Gasteiger partial charge on any atom is 0.546 e. The van der Waals surface area contributed by atoms with E-state index in [4.69, 9.17) is 0 Å². The van der Waals surface area contributed by atoms with Crippen molar-refractivity contribution in [3.8, 4) is 11.1 Å². The van der Waals surface area contributed by atoms with Gasteiger partial charge in [0.2, 0.25) is 0 Å². The van der Waals surface area contributed by atoms with E-state index in [1.54, 1.807) is 37.4 Å². The Hall–Kier alpha value is -3.06.